The summed E-state index contributed by atoms with van der Waals surface area (Å²) in [4.78, 5) is 26.7. The summed E-state index contributed by atoms with van der Waals surface area (Å²) in [6.07, 6.45) is 1.84. The fourth-order valence-corrected chi connectivity index (χ4v) is 4.97. The minimum absolute atomic E-state index is 0.0496. The summed E-state index contributed by atoms with van der Waals surface area (Å²) in [6, 6.07) is 15.7. The molecule has 5 rings (SSSR count). The van der Waals surface area contributed by atoms with Crippen LogP contribution in [0.4, 0.5) is 0 Å². The molecule has 170 valence electrons. The quantitative estimate of drug-likeness (QED) is 0.671. The molecule has 2 aromatic rings. The van der Waals surface area contributed by atoms with Gasteiger partial charge < -0.3 is 19.5 Å². The van der Waals surface area contributed by atoms with Gasteiger partial charge in [-0.25, -0.2) is 4.79 Å². The van der Waals surface area contributed by atoms with Crippen LogP contribution < -0.4 is 14.8 Å². The summed E-state index contributed by atoms with van der Waals surface area (Å²) < 4.78 is 16.6. The van der Waals surface area contributed by atoms with Gasteiger partial charge in [0.2, 0.25) is 6.79 Å². The molecule has 2 aromatic carbocycles. The van der Waals surface area contributed by atoms with E-state index in [1.165, 1.54) is 0 Å². The Balaban J connectivity index is 1.58. The zero-order valence-electron chi connectivity index (χ0n) is 18.9. The van der Waals surface area contributed by atoms with Crippen molar-refractivity contribution in [2.24, 2.45) is 0 Å². The van der Waals surface area contributed by atoms with Crippen LogP contribution in [0.15, 0.2) is 71.1 Å². The number of nitrogens with one attached hydrogen (secondary N) is 1. The molecule has 6 nitrogen and oxygen atoms in total. The Morgan fingerprint density at radius 1 is 1.06 bits per heavy atom. The lowest BCUT2D eigenvalue weighted by atomic mass is 9.71. The molecule has 1 N–H and O–H groups in total. The number of carbonyl (C=O) groups excluding carboxylic acids is 2. The van der Waals surface area contributed by atoms with Crippen LogP contribution in [0.3, 0.4) is 0 Å². The molecule has 0 fully saturated rings. The third-order valence-corrected chi connectivity index (χ3v) is 6.49. The van der Waals surface area contributed by atoms with Gasteiger partial charge in [0, 0.05) is 29.3 Å². The lowest BCUT2D eigenvalue weighted by molar-refractivity contribution is -0.139. The second-order valence-corrected chi connectivity index (χ2v) is 8.68. The van der Waals surface area contributed by atoms with Gasteiger partial charge in [-0.2, -0.15) is 0 Å². The van der Waals surface area contributed by atoms with Crippen LogP contribution in [-0.2, 0) is 14.3 Å². The van der Waals surface area contributed by atoms with Gasteiger partial charge in [-0.15, -0.1) is 0 Å². The van der Waals surface area contributed by atoms with Crippen molar-refractivity contribution in [2.75, 3.05) is 13.4 Å². The van der Waals surface area contributed by atoms with Crippen molar-refractivity contribution in [1.29, 1.82) is 0 Å². The molecule has 2 atom stereocenters. The Labute approximate surface area is 193 Å². The van der Waals surface area contributed by atoms with E-state index in [1.54, 1.807) is 0 Å². The molecule has 3 aliphatic rings. The first-order valence-corrected chi connectivity index (χ1v) is 11.4. The smallest absolute Gasteiger partial charge is 0.336 e. The van der Waals surface area contributed by atoms with Crippen LogP contribution in [0.5, 0.6) is 11.5 Å². The molecule has 2 heterocycles. The number of hydrogen-bond acceptors (Lipinski definition) is 6. The molecule has 1 aliphatic carbocycles. The fraction of sp³-hybridized carbons (Fsp3) is 0.333. The van der Waals surface area contributed by atoms with Gasteiger partial charge in [-0.1, -0.05) is 43.3 Å². The number of allylic oxidation sites excluding steroid dienone is 3. The van der Waals surface area contributed by atoms with E-state index in [0.29, 0.717) is 42.1 Å². The molecule has 0 saturated heterocycles. The zero-order chi connectivity index (χ0) is 22.9. The first-order valence-electron chi connectivity index (χ1n) is 11.4. The predicted molar refractivity (Wildman–Crippen MR) is 123 cm³/mol. The second-order valence-electron chi connectivity index (χ2n) is 8.68. The van der Waals surface area contributed by atoms with Crippen molar-refractivity contribution in [3.05, 3.63) is 82.2 Å². The van der Waals surface area contributed by atoms with E-state index in [-0.39, 0.29) is 18.5 Å². The molecular formula is C27H27NO5. The van der Waals surface area contributed by atoms with E-state index in [2.05, 4.69) is 17.4 Å². The van der Waals surface area contributed by atoms with Crippen LogP contribution in [0.2, 0.25) is 0 Å². The molecule has 0 unspecified atom stereocenters. The van der Waals surface area contributed by atoms with Crippen LogP contribution in [0.1, 0.15) is 56.1 Å². The summed E-state index contributed by atoms with van der Waals surface area (Å²) in [6.45, 7) is 4.33. The van der Waals surface area contributed by atoms with Crippen LogP contribution >= 0.6 is 0 Å². The SMILES string of the molecule is CCCOC(=O)C1=C(C)NC2=C(C(=O)C[C@H](c3ccccc3)C2)[C@H]1c1ccc2c(c1)OCO2. The Morgan fingerprint density at radius 3 is 2.64 bits per heavy atom. The van der Waals surface area contributed by atoms with Crippen molar-refractivity contribution >= 4 is 11.8 Å². The minimum Gasteiger partial charge on any atom is -0.462 e. The van der Waals surface area contributed by atoms with E-state index in [4.69, 9.17) is 14.2 Å². The molecule has 0 spiro atoms. The van der Waals surface area contributed by atoms with Crippen molar-refractivity contribution in [1.82, 2.24) is 5.32 Å². The van der Waals surface area contributed by atoms with Crippen molar-refractivity contribution in [3.63, 3.8) is 0 Å². The summed E-state index contributed by atoms with van der Waals surface area (Å²) in [7, 11) is 0. The Hall–Kier alpha value is -3.54. The molecular weight excluding hydrogens is 418 g/mol. The predicted octanol–water partition coefficient (Wildman–Crippen LogP) is 4.73. The maximum Gasteiger partial charge on any atom is 0.336 e. The largest absolute Gasteiger partial charge is 0.462 e. The number of rotatable bonds is 5. The van der Waals surface area contributed by atoms with E-state index < -0.39 is 11.9 Å². The number of Topliss-reactive ketones (excluding diaryl/α,β-unsaturated/α-hetero) is 1. The number of ketones is 1. The summed E-state index contributed by atoms with van der Waals surface area (Å²) in [5.74, 6) is 0.532. The Bertz CT molecular complexity index is 1160. The summed E-state index contributed by atoms with van der Waals surface area (Å²) in [5.41, 5.74) is 4.70. The first-order chi connectivity index (χ1) is 16.1. The van der Waals surface area contributed by atoms with Gasteiger partial charge in [0.25, 0.3) is 0 Å². The molecule has 6 heteroatoms. The molecule has 0 amide bonds. The molecule has 0 saturated carbocycles. The van der Waals surface area contributed by atoms with E-state index in [1.807, 2.05) is 50.2 Å². The highest BCUT2D eigenvalue weighted by atomic mass is 16.7. The van der Waals surface area contributed by atoms with E-state index in [9.17, 15) is 9.59 Å². The highest BCUT2D eigenvalue weighted by Gasteiger charge is 2.41. The monoisotopic (exact) mass is 445 g/mol. The number of carbonyl (C=O) groups is 2. The average Bonchev–Trinajstić information content (AvgIpc) is 3.30. The zero-order valence-corrected chi connectivity index (χ0v) is 18.9. The van der Waals surface area contributed by atoms with Gasteiger partial charge in [-0.05, 0) is 48.9 Å². The number of esters is 1. The Morgan fingerprint density at radius 2 is 1.85 bits per heavy atom. The topological polar surface area (TPSA) is 73.9 Å². The highest BCUT2D eigenvalue weighted by Crippen LogP contribution is 2.47. The molecule has 0 radical (unpaired) electrons. The van der Waals surface area contributed by atoms with Gasteiger partial charge in [0.15, 0.2) is 17.3 Å². The first kappa shape index (κ1) is 21.3. The van der Waals surface area contributed by atoms with Crippen LogP contribution in [-0.4, -0.2) is 25.2 Å². The number of dihydropyridines is 1. The molecule has 0 aromatic heterocycles. The molecule has 0 bridgehead atoms. The van der Waals surface area contributed by atoms with Crippen molar-refractivity contribution in [2.45, 2.75) is 44.9 Å². The standard InChI is InChI=1S/C27H27NO5/c1-3-11-31-27(30)24-16(2)28-20-12-19(17-7-5-4-6-8-17)13-21(29)26(20)25(24)18-9-10-22-23(14-18)33-15-32-22/h4-10,14,19,25,28H,3,11-13,15H2,1-2H3/t19-,25+/m1/s1. The van der Waals surface area contributed by atoms with E-state index in [0.717, 1.165) is 28.9 Å². The number of fused-ring (bicyclic) bond motifs is 1. The summed E-state index contributed by atoms with van der Waals surface area (Å²) in [5, 5.41) is 3.39. The third-order valence-electron chi connectivity index (χ3n) is 6.49. The summed E-state index contributed by atoms with van der Waals surface area (Å²) >= 11 is 0. The Kier molecular flexibility index (Phi) is 5.67. The van der Waals surface area contributed by atoms with E-state index >= 15 is 0 Å². The average molecular weight is 446 g/mol. The molecule has 2 aliphatic heterocycles. The number of benzene rings is 2. The minimum atomic E-state index is -0.510. The lowest BCUT2D eigenvalue weighted by Gasteiger charge is -2.36. The van der Waals surface area contributed by atoms with Gasteiger partial charge in [-0.3, -0.25) is 4.79 Å². The third kappa shape index (κ3) is 3.90. The normalized spacial score (nSPS) is 21.6. The van der Waals surface area contributed by atoms with Gasteiger partial charge in [0.1, 0.15) is 0 Å². The van der Waals surface area contributed by atoms with Gasteiger partial charge in [0.05, 0.1) is 12.2 Å². The second kappa shape index (κ2) is 8.77. The lowest BCUT2D eigenvalue weighted by Crippen LogP contribution is -2.36. The molecule has 33 heavy (non-hydrogen) atoms. The highest BCUT2D eigenvalue weighted by molar-refractivity contribution is 6.04. The van der Waals surface area contributed by atoms with Crippen molar-refractivity contribution < 1.29 is 23.8 Å². The maximum atomic E-state index is 13.6. The van der Waals surface area contributed by atoms with Crippen LogP contribution in [0.25, 0.3) is 0 Å². The van der Waals surface area contributed by atoms with Crippen molar-refractivity contribution in [3.8, 4) is 11.5 Å². The van der Waals surface area contributed by atoms with Gasteiger partial charge >= 0.3 is 5.97 Å². The number of ether oxygens (including phenoxy) is 3. The maximum absolute atomic E-state index is 13.6. The number of hydrogen-bond donors (Lipinski definition) is 1. The van der Waals surface area contributed by atoms with Crippen LogP contribution in [0, 0.1) is 0 Å². The fourth-order valence-electron chi connectivity index (χ4n) is 4.97.